The second-order valence-corrected chi connectivity index (χ2v) is 8.20. The summed E-state index contributed by atoms with van der Waals surface area (Å²) in [6, 6.07) is 17.7. The van der Waals surface area contributed by atoms with Crippen molar-refractivity contribution in [2.45, 2.75) is 19.9 Å². The van der Waals surface area contributed by atoms with E-state index >= 15 is 0 Å². The van der Waals surface area contributed by atoms with E-state index in [0.29, 0.717) is 37.1 Å². The first-order valence-corrected chi connectivity index (χ1v) is 11.0. The Morgan fingerprint density at radius 2 is 1.87 bits per heavy atom. The Labute approximate surface area is 187 Å². The van der Waals surface area contributed by atoms with Gasteiger partial charge in [-0.05, 0) is 37.1 Å². The van der Waals surface area contributed by atoms with E-state index < -0.39 is 0 Å². The van der Waals surface area contributed by atoms with Crippen molar-refractivity contribution in [3.8, 4) is 11.5 Å². The van der Waals surface area contributed by atoms with E-state index in [1.807, 2.05) is 54.3 Å². The number of nitrogens with zero attached hydrogens (tertiary/aromatic N) is 3. The highest BCUT2D eigenvalue weighted by molar-refractivity contribution is 6.30. The highest BCUT2D eigenvalue weighted by Gasteiger charge is 2.22. The molecule has 0 atom stereocenters. The predicted octanol–water partition coefficient (Wildman–Crippen LogP) is 4.37. The van der Waals surface area contributed by atoms with Gasteiger partial charge < -0.3 is 14.6 Å². The van der Waals surface area contributed by atoms with Crippen LogP contribution in [-0.2, 0) is 13.0 Å². The molecule has 0 spiro atoms. The third kappa shape index (κ3) is 5.66. The van der Waals surface area contributed by atoms with Crippen LogP contribution in [0.25, 0.3) is 11.5 Å². The Bertz CT molecular complexity index is 1010. The van der Waals surface area contributed by atoms with Gasteiger partial charge in [-0.1, -0.05) is 48.0 Å². The molecule has 3 aromatic rings. The average molecular weight is 439 g/mol. The van der Waals surface area contributed by atoms with Crippen molar-refractivity contribution >= 4 is 17.6 Å². The van der Waals surface area contributed by atoms with Crippen molar-refractivity contribution in [2.24, 2.45) is 0 Å². The number of nitrogens with one attached hydrogen (secondary N) is 1. The molecule has 1 saturated heterocycles. The molecule has 162 valence electrons. The van der Waals surface area contributed by atoms with E-state index in [1.165, 1.54) is 5.56 Å². The number of piperazine rings is 1. The molecule has 7 heteroatoms. The molecule has 1 N–H and O–H groups in total. The first-order valence-electron chi connectivity index (χ1n) is 10.6. The lowest BCUT2D eigenvalue weighted by Gasteiger charge is -2.34. The maximum atomic E-state index is 12.5. The molecular formula is C24H27ClN4O2. The number of urea groups is 1. The van der Waals surface area contributed by atoms with Gasteiger partial charge in [-0.2, -0.15) is 0 Å². The Morgan fingerprint density at radius 1 is 1.10 bits per heavy atom. The number of halogens is 1. The number of amides is 2. The van der Waals surface area contributed by atoms with E-state index in [-0.39, 0.29) is 6.03 Å². The molecule has 2 aromatic carbocycles. The van der Waals surface area contributed by atoms with Gasteiger partial charge in [0.2, 0.25) is 5.89 Å². The van der Waals surface area contributed by atoms with Gasteiger partial charge in [-0.15, -0.1) is 0 Å². The van der Waals surface area contributed by atoms with Crippen molar-refractivity contribution in [3.05, 3.63) is 76.6 Å². The second-order valence-electron chi connectivity index (χ2n) is 7.76. The molecule has 2 amide bonds. The van der Waals surface area contributed by atoms with Crippen LogP contribution in [0.4, 0.5) is 4.79 Å². The normalized spacial score (nSPS) is 14.6. The number of hydrogen-bond donors (Lipinski definition) is 1. The summed E-state index contributed by atoms with van der Waals surface area (Å²) in [6.45, 7) is 6.32. The number of rotatable bonds is 6. The van der Waals surface area contributed by atoms with Crippen LogP contribution in [0.15, 0.2) is 59.0 Å². The zero-order chi connectivity index (χ0) is 21.6. The smallest absolute Gasteiger partial charge is 0.317 e. The summed E-state index contributed by atoms with van der Waals surface area (Å²) in [4.78, 5) is 21.3. The Kier molecular flexibility index (Phi) is 6.89. The van der Waals surface area contributed by atoms with Gasteiger partial charge in [0.15, 0.2) is 0 Å². The zero-order valence-corrected chi connectivity index (χ0v) is 18.4. The molecule has 1 aromatic heterocycles. The number of aryl methyl sites for hydroxylation is 1. The second kappa shape index (κ2) is 9.98. The van der Waals surface area contributed by atoms with Crippen LogP contribution in [0.1, 0.15) is 17.0 Å². The number of aromatic nitrogens is 1. The predicted molar refractivity (Wildman–Crippen MR) is 122 cm³/mol. The first kappa shape index (κ1) is 21.4. The van der Waals surface area contributed by atoms with Crippen LogP contribution in [-0.4, -0.2) is 53.5 Å². The molecule has 1 fully saturated rings. The number of carbonyl (C=O) groups is 1. The Hall–Kier alpha value is -2.83. The maximum Gasteiger partial charge on any atom is 0.317 e. The molecule has 1 aliphatic heterocycles. The van der Waals surface area contributed by atoms with Crippen molar-refractivity contribution in [3.63, 3.8) is 0 Å². The van der Waals surface area contributed by atoms with Gasteiger partial charge in [0.05, 0.1) is 5.69 Å². The summed E-state index contributed by atoms with van der Waals surface area (Å²) in [5.41, 5.74) is 3.03. The molecule has 0 aliphatic carbocycles. The summed E-state index contributed by atoms with van der Waals surface area (Å²) in [5.74, 6) is 1.41. The lowest BCUT2D eigenvalue weighted by molar-refractivity contribution is 0.134. The fraction of sp³-hybridized carbons (Fsp3) is 0.333. The quantitative estimate of drug-likeness (QED) is 0.620. The van der Waals surface area contributed by atoms with E-state index in [9.17, 15) is 4.79 Å². The number of carbonyl (C=O) groups excluding carboxylic acids is 1. The molecule has 6 nitrogen and oxygen atoms in total. The summed E-state index contributed by atoms with van der Waals surface area (Å²) >= 11 is 6.08. The molecule has 0 saturated carbocycles. The summed E-state index contributed by atoms with van der Waals surface area (Å²) in [5, 5.41) is 3.69. The minimum absolute atomic E-state index is 0.0106. The van der Waals surface area contributed by atoms with Gasteiger partial charge in [0.1, 0.15) is 5.76 Å². The van der Waals surface area contributed by atoms with E-state index in [0.717, 1.165) is 36.5 Å². The molecule has 1 aliphatic rings. The van der Waals surface area contributed by atoms with Gasteiger partial charge in [-0.3, -0.25) is 4.90 Å². The van der Waals surface area contributed by atoms with Crippen molar-refractivity contribution in [2.75, 3.05) is 32.7 Å². The fourth-order valence-electron chi connectivity index (χ4n) is 3.71. The molecule has 0 bridgehead atoms. The van der Waals surface area contributed by atoms with Crippen LogP contribution in [0.5, 0.6) is 0 Å². The Balaban J connectivity index is 1.25. The highest BCUT2D eigenvalue weighted by Crippen LogP contribution is 2.25. The van der Waals surface area contributed by atoms with E-state index in [1.54, 1.807) is 0 Å². The van der Waals surface area contributed by atoms with Gasteiger partial charge >= 0.3 is 6.03 Å². The topological polar surface area (TPSA) is 61.6 Å². The number of benzene rings is 2. The molecule has 31 heavy (non-hydrogen) atoms. The Morgan fingerprint density at radius 3 is 2.61 bits per heavy atom. The lowest BCUT2D eigenvalue weighted by Crippen LogP contribution is -2.51. The largest absolute Gasteiger partial charge is 0.441 e. The SMILES string of the molecule is Cc1oc(-c2cccc(Cl)c2)nc1CN1CCN(C(=O)NCCc2ccccc2)CC1. The lowest BCUT2D eigenvalue weighted by atomic mass is 10.1. The summed E-state index contributed by atoms with van der Waals surface area (Å²) in [6.07, 6.45) is 0.840. The van der Waals surface area contributed by atoms with Crippen molar-refractivity contribution in [1.82, 2.24) is 20.1 Å². The van der Waals surface area contributed by atoms with Crippen LogP contribution in [0.3, 0.4) is 0 Å². The summed E-state index contributed by atoms with van der Waals surface area (Å²) < 4.78 is 5.87. The molecular weight excluding hydrogens is 412 g/mol. The average Bonchev–Trinajstić information content (AvgIpc) is 3.15. The zero-order valence-electron chi connectivity index (χ0n) is 17.7. The minimum atomic E-state index is 0.0106. The van der Waals surface area contributed by atoms with Crippen LogP contribution in [0, 0.1) is 6.92 Å². The fourth-order valence-corrected chi connectivity index (χ4v) is 3.90. The molecule has 2 heterocycles. The van der Waals surface area contributed by atoms with Gasteiger partial charge in [0.25, 0.3) is 0 Å². The van der Waals surface area contributed by atoms with Gasteiger partial charge in [-0.25, -0.2) is 9.78 Å². The minimum Gasteiger partial charge on any atom is -0.441 e. The standard InChI is InChI=1S/C24H27ClN4O2/c1-18-22(27-23(31-18)20-8-5-9-21(25)16-20)17-28-12-14-29(15-13-28)24(30)26-11-10-19-6-3-2-4-7-19/h2-9,16H,10-15,17H2,1H3,(H,26,30). The van der Waals surface area contributed by atoms with Gasteiger partial charge in [0, 0.05) is 49.9 Å². The summed E-state index contributed by atoms with van der Waals surface area (Å²) in [7, 11) is 0. The molecule has 0 radical (unpaired) electrons. The van der Waals surface area contributed by atoms with Crippen molar-refractivity contribution < 1.29 is 9.21 Å². The molecule has 4 rings (SSSR count). The third-order valence-corrected chi connectivity index (χ3v) is 5.76. The maximum absolute atomic E-state index is 12.5. The van der Waals surface area contributed by atoms with E-state index in [2.05, 4.69) is 27.3 Å². The van der Waals surface area contributed by atoms with E-state index in [4.69, 9.17) is 16.0 Å². The number of hydrogen-bond acceptors (Lipinski definition) is 4. The third-order valence-electron chi connectivity index (χ3n) is 5.53. The number of oxazole rings is 1. The van der Waals surface area contributed by atoms with Crippen molar-refractivity contribution in [1.29, 1.82) is 0 Å². The van der Waals surface area contributed by atoms with Crippen LogP contribution >= 0.6 is 11.6 Å². The van der Waals surface area contributed by atoms with Crippen LogP contribution in [0.2, 0.25) is 5.02 Å². The van der Waals surface area contributed by atoms with Crippen LogP contribution < -0.4 is 5.32 Å². The first-order chi connectivity index (χ1) is 15.1. The highest BCUT2D eigenvalue weighted by atomic mass is 35.5. The molecule has 0 unspecified atom stereocenters. The monoisotopic (exact) mass is 438 g/mol.